The third-order valence-electron chi connectivity index (χ3n) is 2.70. The number of nitro benzene ring substituents is 1. The highest BCUT2D eigenvalue weighted by Gasteiger charge is 2.12. The molecule has 0 saturated heterocycles. The van der Waals surface area contributed by atoms with Crippen LogP contribution in [0.25, 0.3) is 0 Å². The highest BCUT2D eigenvalue weighted by Crippen LogP contribution is 2.27. The maximum absolute atomic E-state index is 11.9. The van der Waals surface area contributed by atoms with Gasteiger partial charge in [-0.15, -0.1) is 0 Å². The summed E-state index contributed by atoms with van der Waals surface area (Å²) in [5.74, 6) is -0.745. The molecule has 0 aliphatic carbocycles. The predicted molar refractivity (Wildman–Crippen MR) is 84.9 cm³/mol. The normalized spacial score (nSPS) is 9.82. The molecule has 112 valence electrons. The minimum absolute atomic E-state index is 0.0296. The Morgan fingerprint density at radius 1 is 1.18 bits per heavy atom. The Kier molecular flexibility index (Phi) is 4.64. The van der Waals surface area contributed by atoms with Crippen molar-refractivity contribution in [2.75, 3.05) is 5.32 Å². The van der Waals surface area contributed by atoms with Crippen molar-refractivity contribution in [2.45, 2.75) is 0 Å². The summed E-state index contributed by atoms with van der Waals surface area (Å²) in [5.41, 5.74) is 0.339. The minimum atomic E-state index is -0.626. The number of nitrogens with one attached hydrogen (secondary N) is 2. The van der Waals surface area contributed by atoms with Gasteiger partial charge in [0.2, 0.25) is 0 Å². The molecule has 2 rings (SSSR count). The van der Waals surface area contributed by atoms with Gasteiger partial charge in [0.05, 0.1) is 16.7 Å². The van der Waals surface area contributed by atoms with Gasteiger partial charge in [0, 0.05) is 11.6 Å². The number of hydrogen-bond acceptors (Lipinski definition) is 5. The molecule has 0 aromatic heterocycles. The van der Waals surface area contributed by atoms with Crippen LogP contribution in [0.3, 0.4) is 0 Å². The molecule has 22 heavy (non-hydrogen) atoms. The molecule has 2 aromatic rings. The monoisotopic (exact) mass is 317 g/mol. The number of phenols is 1. The number of thiocarbonyl (C=S) groups is 1. The summed E-state index contributed by atoms with van der Waals surface area (Å²) in [4.78, 5) is 21.8. The molecule has 0 spiro atoms. The summed E-state index contributed by atoms with van der Waals surface area (Å²) in [6.07, 6.45) is 0. The molecule has 0 unspecified atom stereocenters. The molecule has 0 aliphatic rings. The first-order valence-electron chi connectivity index (χ1n) is 6.12. The van der Waals surface area contributed by atoms with E-state index in [0.717, 1.165) is 6.07 Å². The van der Waals surface area contributed by atoms with E-state index in [4.69, 9.17) is 12.2 Å². The van der Waals surface area contributed by atoms with Crippen molar-refractivity contribution < 1.29 is 14.8 Å². The summed E-state index contributed by atoms with van der Waals surface area (Å²) in [7, 11) is 0. The third kappa shape index (κ3) is 3.76. The summed E-state index contributed by atoms with van der Waals surface area (Å²) in [6, 6.07) is 12.0. The van der Waals surface area contributed by atoms with Crippen molar-refractivity contribution in [3.05, 3.63) is 64.2 Å². The van der Waals surface area contributed by atoms with Crippen LogP contribution in [0.15, 0.2) is 48.5 Å². The van der Waals surface area contributed by atoms with Crippen LogP contribution < -0.4 is 10.6 Å². The van der Waals surface area contributed by atoms with Crippen molar-refractivity contribution in [2.24, 2.45) is 0 Å². The maximum Gasteiger partial charge on any atom is 0.273 e. The summed E-state index contributed by atoms with van der Waals surface area (Å²) < 4.78 is 0. The number of carbonyl (C=O) groups excluding carboxylic acids is 1. The molecule has 0 radical (unpaired) electrons. The van der Waals surface area contributed by atoms with Crippen LogP contribution in [-0.4, -0.2) is 21.0 Å². The second kappa shape index (κ2) is 6.64. The van der Waals surface area contributed by atoms with Crippen molar-refractivity contribution in [3.63, 3.8) is 0 Å². The number of benzene rings is 2. The molecule has 8 heteroatoms. The molecular weight excluding hydrogens is 306 g/mol. The lowest BCUT2D eigenvalue weighted by Gasteiger charge is -2.10. The van der Waals surface area contributed by atoms with Gasteiger partial charge in [0.25, 0.3) is 11.6 Å². The zero-order valence-electron chi connectivity index (χ0n) is 11.1. The van der Waals surface area contributed by atoms with Gasteiger partial charge in [-0.25, -0.2) is 0 Å². The Balaban J connectivity index is 2.03. The highest BCUT2D eigenvalue weighted by atomic mass is 32.1. The van der Waals surface area contributed by atoms with E-state index < -0.39 is 10.8 Å². The van der Waals surface area contributed by atoms with Gasteiger partial charge in [-0.05, 0) is 30.4 Å². The van der Waals surface area contributed by atoms with E-state index in [2.05, 4.69) is 10.6 Å². The largest absolute Gasteiger partial charge is 0.506 e. The van der Waals surface area contributed by atoms with Crippen LogP contribution in [0.1, 0.15) is 10.4 Å². The average Bonchev–Trinajstić information content (AvgIpc) is 2.50. The van der Waals surface area contributed by atoms with Crippen molar-refractivity contribution in [3.8, 4) is 5.75 Å². The lowest BCUT2D eigenvalue weighted by Crippen LogP contribution is -2.34. The molecule has 3 N–H and O–H groups in total. The molecule has 7 nitrogen and oxygen atoms in total. The number of rotatable bonds is 3. The number of phenolic OH excluding ortho intramolecular Hbond substituents is 1. The fourth-order valence-corrected chi connectivity index (χ4v) is 1.86. The molecule has 0 atom stereocenters. The fourth-order valence-electron chi connectivity index (χ4n) is 1.66. The van der Waals surface area contributed by atoms with Gasteiger partial charge >= 0.3 is 0 Å². The SMILES string of the molecule is O=C(NC(=S)Nc1ccc([N+](=O)[O-])cc1O)c1ccccc1. The first kappa shape index (κ1) is 15.4. The van der Waals surface area contributed by atoms with E-state index in [0.29, 0.717) is 5.56 Å². The summed E-state index contributed by atoms with van der Waals surface area (Å²) in [5, 5.41) is 25.3. The molecule has 0 aliphatic heterocycles. The number of nitrogens with zero attached hydrogens (tertiary/aromatic N) is 1. The van der Waals surface area contributed by atoms with Gasteiger partial charge < -0.3 is 10.4 Å². The lowest BCUT2D eigenvalue weighted by atomic mass is 10.2. The number of non-ortho nitro benzene ring substituents is 1. The van der Waals surface area contributed by atoms with Gasteiger partial charge in [0.15, 0.2) is 5.11 Å². The van der Waals surface area contributed by atoms with E-state index in [1.807, 2.05) is 0 Å². The van der Waals surface area contributed by atoms with Crippen molar-refractivity contribution >= 4 is 34.6 Å². The Bertz CT molecular complexity index is 734. The number of anilines is 1. The Labute approximate surface area is 130 Å². The predicted octanol–water partition coefficient (Wildman–Crippen LogP) is 2.43. The van der Waals surface area contributed by atoms with E-state index in [1.54, 1.807) is 30.3 Å². The second-order valence-electron chi connectivity index (χ2n) is 4.23. The van der Waals surface area contributed by atoms with Crippen molar-refractivity contribution in [1.29, 1.82) is 0 Å². The van der Waals surface area contributed by atoms with Gasteiger partial charge in [-0.1, -0.05) is 18.2 Å². The minimum Gasteiger partial charge on any atom is -0.506 e. The van der Waals surface area contributed by atoms with Crippen LogP contribution in [0.4, 0.5) is 11.4 Å². The number of amides is 1. The third-order valence-corrected chi connectivity index (χ3v) is 2.91. The smallest absolute Gasteiger partial charge is 0.273 e. The first-order valence-corrected chi connectivity index (χ1v) is 6.53. The quantitative estimate of drug-likeness (QED) is 0.347. The molecule has 0 saturated carbocycles. The topological polar surface area (TPSA) is 104 Å². The highest BCUT2D eigenvalue weighted by molar-refractivity contribution is 7.80. The van der Waals surface area contributed by atoms with Crippen LogP contribution in [0, 0.1) is 10.1 Å². The van der Waals surface area contributed by atoms with Crippen LogP contribution >= 0.6 is 12.2 Å². The van der Waals surface area contributed by atoms with E-state index in [9.17, 15) is 20.0 Å². The molecule has 0 fully saturated rings. The zero-order valence-corrected chi connectivity index (χ0v) is 12.0. The molecule has 2 aromatic carbocycles. The first-order chi connectivity index (χ1) is 10.5. The number of hydrogen-bond donors (Lipinski definition) is 3. The van der Waals surface area contributed by atoms with Gasteiger partial charge in [-0.3, -0.25) is 20.2 Å². The Morgan fingerprint density at radius 2 is 1.86 bits per heavy atom. The van der Waals surface area contributed by atoms with Crippen LogP contribution in [-0.2, 0) is 0 Å². The lowest BCUT2D eigenvalue weighted by molar-refractivity contribution is -0.384. The molecule has 1 amide bonds. The van der Waals surface area contributed by atoms with E-state index >= 15 is 0 Å². The average molecular weight is 317 g/mol. The van der Waals surface area contributed by atoms with E-state index in [-0.39, 0.29) is 22.2 Å². The van der Waals surface area contributed by atoms with Crippen LogP contribution in [0.2, 0.25) is 0 Å². The van der Waals surface area contributed by atoms with Gasteiger partial charge in [0.1, 0.15) is 5.75 Å². The second-order valence-corrected chi connectivity index (χ2v) is 4.64. The molecule has 0 heterocycles. The zero-order chi connectivity index (χ0) is 16.1. The number of carbonyl (C=O) groups is 1. The Morgan fingerprint density at radius 3 is 2.45 bits per heavy atom. The van der Waals surface area contributed by atoms with Crippen LogP contribution in [0.5, 0.6) is 5.75 Å². The number of nitro groups is 1. The number of aromatic hydroxyl groups is 1. The summed E-state index contributed by atoms with van der Waals surface area (Å²) in [6.45, 7) is 0. The van der Waals surface area contributed by atoms with E-state index in [1.165, 1.54) is 12.1 Å². The van der Waals surface area contributed by atoms with Crippen molar-refractivity contribution in [1.82, 2.24) is 5.32 Å². The van der Waals surface area contributed by atoms with Gasteiger partial charge in [-0.2, -0.15) is 0 Å². The molecular formula is C14H11N3O4S. The maximum atomic E-state index is 11.9. The standard InChI is InChI=1S/C14H11N3O4S/c18-12-8-10(17(20)21)6-7-11(12)15-14(22)16-13(19)9-4-2-1-3-5-9/h1-8,18H,(H2,15,16,19,22). The summed E-state index contributed by atoms with van der Waals surface area (Å²) >= 11 is 4.97. The Hall–Kier alpha value is -3.00. The fraction of sp³-hybridized carbons (Fsp3) is 0. The molecule has 0 bridgehead atoms.